The van der Waals surface area contributed by atoms with Crippen LogP contribution in [0.2, 0.25) is 0 Å². The van der Waals surface area contributed by atoms with Crippen molar-refractivity contribution in [2.75, 3.05) is 19.6 Å². The van der Waals surface area contributed by atoms with E-state index in [0.29, 0.717) is 30.0 Å². The summed E-state index contributed by atoms with van der Waals surface area (Å²) in [4.78, 5) is 33.8. The molecule has 1 fully saturated rings. The molecule has 1 aromatic carbocycles. The minimum absolute atomic E-state index is 0.265. The van der Waals surface area contributed by atoms with Crippen LogP contribution in [0, 0.1) is 13.8 Å². The van der Waals surface area contributed by atoms with Gasteiger partial charge >= 0.3 is 5.69 Å². The summed E-state index contributed by atoms with van der Waals surface area (Å²) in [7, 11) is 1.70. The molecule has 1 aliphatic heterocycles. The van der Waals surface area contributed by atoms with Gasteiger partial charge in [-0.05, 0) is 63.9 Å². The van der Waals surface area contributed by atoms with Crippen molar-refractivity contribution in [3.05, 3.63) is 62.1 Å². The topological polar surface area (TPSA) is 69.5 Å². The molecule has 0 aliphatic carbocycles. The van der Waals surface area contributed by atoms with Gasteiger partial charge in [0.25, 0.3) is 5.56 Å². The van der Waals surface area contributed by atoms with Crippen LogP contribution in [0.1, 0.15) is 43.1 Å². The zero-order chi connectivity index (χ0) is 23.3. The number of rotatable bonds is 5. The number of nitrogens with zero attached hydrogens (tertiary/aromatic N) is 6. The second-order valence-electron chi connectivity index (χ2n) is 9.15. The minimum Gasteiger partial charge on any atom is -0.302 e. The number of piperidine rings is 1. The summed E-state index contributed by atoms with van der Waals surface area (Å²) in [6.07, 6.45) is 4.60. The molecule has 1 aliphatic rings. The summed E-state index contributed by atoms with van der Waals surface area (Å²) in [5.74, 6) is 0.658. The average Bonchev–Trinajstić information content (AvgIpc) is 3.33. The van der Waals surface area contributed by atoms with Crippen LogP contribution in [0.4, 0.5) is 0 Å². The van der Waals surface area contributed by atoms with Crippen molar-refractivity contribution in [1.82, 2.24) is 28.0 Å². The highest BCUT2D eigenvalue weighted by Gasteiger charge is 2.23. The third-order valence-corrected chi connectivity index (χ3v) is 7.21. The van der Waals surface area contributed by atoms with Crippen LogP contribution < -0.4 is 11.2 Å². The SMILES string of the molecule is CCc1ccc(-n2c(C)c(C)n3c4c(=O)n(CCN5CCCCC5)c(=O)n(C)c4nc23)cc1. The fourth-order valence-corrected chi connectivity index (χ4v) is 5.06. The molecule has 0 N–H and O–H groups in total. The molecule has 0 unspecified atom stereocenters. The van der Waals surface area contributed by atoms with Gasteiger partial charge in [0.05, 0.1) is 0 Å². The van der Waals surface area contributed by atoms with E-state index in [1.54, 1.807) is 7.05 Å². The second kappa shape index (κ2) is 8.33. The lowest BCUT2D eigenvalue weighted by molar-refractivity contribution is 0.218. The van der Waals surface area contributed by atoms with Crippen molar-refractivity contribution >= 4 is 16.9 Å². The fourth-order valence-electron chi connectivity index (χ4n) is 5.06. The maximum atomic E-state index is 13.6. The van der Waals surface area contributed by atoms with Gasteiger partial charge in [-0.1, -0.05) is 25.5 Å². The maximum Gasteiger partial charge on any atom is 0.332 e. The number of hydrogen-bond donors (Lipinski definition) is 0. The van der Waals surface area contributed by atoms with Crippen molar-refractivity contribution < 1.29 is 0 Å². The molecule has 4 heterocycles. The highest BCUT2D eigenvalue weighted by Crippen LogP contribution is 2.24. The molecule has 0 spiro atoms. The summed E-state index contributed by atoms with van der Waals surface area (Å²) in [5, 5.41) is 0. The Labute approximate surface area is 192 Å². The van der Waals surface area contributed by atoms with E-state index in [9.17, 15) is 9.59 Å². The summed E-state index contributed by atoms with van der Waals surface area (Å²) >= 11 is 0. The van der Waals surface area contributed by atoms with E-state index in [4.69, 9.17) is 4.98 Å². The molecule has 8 heteroatoms. The first-order chi connectivity index (χ1) is 15.9. The van der Waals surface area contributed by atoms with E-state index in [2.05, 4.69) is 40.7 Å². The van der Waals surface area contributed by atoms with Gasteiger partial charge in [-0.3, -0.25) is 22.9 Å². The molecule has 0 radical (unpaired) electrons. The van der Waals surface area contributed by atoms with Gasteiger partial charge in [0.15, 0.2) is 11.2 Å². The molecule has 0 bridgehead atoms. The largest absolute Gasteiger partial charge is 0.332 e. The van der Waals surface area contributed by atoms with Gasteiger partial charge in [-0.15, -0.1) is 0 Å². The molecule has 5 rings (SSSR count). The van der Waals surface area contributed by atoms with Gasteiger partial charge in [0, 0.05) is 37.2 Å². The lowest BCUT2D eigenvalue weighted by Gasteiger charge is -2.26. The molecule has 174 valence electrons. The van der Waals surface area contributed by atoms with E-state index in [1.165, 1.54) is 34.0 Å². The molecule has 1 saturated heterocycles. The van der Waals surface area contributed by atoms with Crippen LogP contribution in [-0.4, -0.2) is 47.6 Å². The quantitative estimate of drug-likeness (QED) is 0.471. The van der Waals surface area contributed by atoms with Gasteiger partial charge in [0.2, 0.25) is 5.78 Å². The summed E-state index contributed by atoms with van der Waals surface area (Å²) < 4.78 is 6.88. The normalized spacial score (nSPS) is 15.2. The lowest BCUT2D eigenvalue weighted by atomic mass is 10.1. The molecule has 33 heavy (non-hydrogen) atoms. The van der Waals surface area contributed by atoms with Crippen molar-refractivity contribution in [1.29, 1.82) is 0 Å². The van der Waals surface area contributed by atoms with Gasteiger partial charge in [-0.2, -0.15) is 4.98 Å². The first-order valence-electron chi connectivity index (χ1n) is 11.9. The lowest BCUT2D eigenvalue weighted by Crippen LogP contribution is -2.43. The second-order valence-corrected chi connectivity index (χ2v) is 9.15. The van der Waals surface area contributed by atoms with E-state index in [0.717, 1.165) is 36.6 Å². The van der Waals surface area contributed by atoms with E-state index >= 15 is 0 Å². The molecular weight excluding hydrogens is 416 g/mol. The van der Waals surface area contributed by atoms with Crippen molar-refractivity contribution in [2.24, 2.45) is 7.05 Å². The summed E-state index contributed by atoms with van der Waals surface area (Å²) in [6, 6.07) is 8.40. The smallest absolute Gasteiger partial charge is 0.302 e. The van der Waals surface area contributed by atoms with E-state index in [-0.39, 0.29) is 11.2 Å². The standard InChI is InChI=1S/C25H32N6O2/c1-5-19-9-11-20(12-10-19)30-17(2)18(3)31-21-22(26-24(30)31)27(4)25(33)29(23(21)32)16-15-28-13-7-6-8-14-28/h9-12H,5-8,13-16H2,1-4H3. The van der Waals surface area contributed by atoms with Crippen LogP contribution >= 0.6 is 0 Å². The number of aryl methyl sites for hydroxylation is 3. The Morgan fingerprint density at radius 2 is 1.64 bits per heavy atom. The predicted molar refractivity (Wildman–Crippen MR) is 131 cm³/mol. The van der Waals surface area contributed by atoms with Gasteiger partial charge in [-0.25, -0.2) is 4.79 Å². The first kappa shape index (κ1) is 21.7. The van der Waals surface area contributed by atoms with Crippen LogP contribution in [0.3, 0.4) is 0 Å². The predicted octanol–water partition coefficient (Wildman–Crippen LogP) is 2.80. The maximum absolute atomic E-state index is 13.6. The highest BCUT2D eigenvalue weighted by molar-refractivity contribution is 5.77. The van der Waals surface area contributed by atoms with Crippen LogP contribution in [-0.2, 0) is 20.0 Å². The third kappa shape index (κ3) is 3.44. The molecule has 0 saturated carbocycles. The van der Waals surface area contributed by atoms with Crippen molar-refractivity contribution in [3.63, 3.8) is 0 Å². The molecular formula is C25H32N6O2. The Morgan fingerprint density at radius 3 is 2.30 bits per heavy atom. The van der Waals surface area contributed by atoms with Gasteiger partial charge < -0.3 is 4.90 Å². The Bertz CT molecular complexity index is 1450. The number of benzene rings is 1. The summed E-state index contributed by atoms with van der Waals surface area (Å²) in [5.41, 5.74) is 4.56. The van der Waals surface area contributed by atoms with Crippen molar-refractivity contribution in [3.8, 4) is 5.69 Å². The number of imidazole rings is 2. The Balaban J connectivity index is 1.68. The number of likely N-dealkylation sites (tertiary alicyclic amines) is 1. The first-order valence-corrected chi connectivity index (χ1v) is 11.9. The Hall–Kier alpha value is -3.13. The number of aromatic nitrogens is 5. The third-order valence-electron chi connectivity index (χ3n) is 7.21. The van der Waals surface area contributed by atoms with Crippen LogP contribution in [0.5, 0.6) is 0 Å². The molecule has 0 amide bonds. The number of hydrogen-bond acceptors (Lipinski definition) is 4. The monoisotopic (exact) mass is 448 g/mol. The van der Waals surface area contributed by atoms with Crippen molar-refractivity contribution in [2.45, 2.75) is 53.0 Å². The summed E-state index contributed by atoms with van der Waals surface area (Å²) in [6.45, 7) is 9.36. The highest BCUT2D eigenvalue weighted by atomic mass is 16.2. The van der Waals surface area contributed by atoms with Crippen LogP contribution in [0.15, 0.2) is 33.9 Å². The molecule has 4 aromatic rings. The van der Waals surface area contributed by atoms with E-state index in [1.807, 2.05) is 18.2 Å². The molecule has 8 nitrogen and oxygen atoms in total. The zero-order valence-electron chi connectivity index (χ0n) is 20.0. The fraction of sp³-hybridized carbons (Fsp3) is 0.480. The minimum atomic E-state index is -0.307. The van der Waals surface area contributed by atoms with Crippen LogP contribution in [0.25, 0.3) is 22.6 Å². The van der Waals surface area contributed by atoms with Gasteiger partial charge in [0.1, 0.15) is 0 Å². The molecule has 3 aromatic heterocycles. The zero-order valence-corrected chi connectivity index (χ0v) is 20.0. The molecule has 0 atom stereocenters. The van der Waals surface area contributed by atoms with E-state index < -0.39 is 0 Å². The number of fused-ring (bicyclic) bond motifs is 3. The Kier molecular flexibility index (Phi) is 5.48. The Morgan fingerprint density at radius 1 is 0.939 bits per heavy atom. The average molecular weight is 449 g/mol.